The zero-order valence-corrected chi connectivity index (χ0v) is 17.0. The molecule has 3 heterocycles. The lowest BCUT2D eigenvalue weighted by atomic mass is 10.1. The minimum absolute atomic E-state index is 0.168. The van der Waals surface area contributed by atoms with E-state index in [1.807, 2.05) is 0 Å². The molecule has 0 saturated carbocycles. The number of benzene rings is 1. The molecule has 6 nitrogen and oxygen atoms in total. The third-order valence-corrected chi connectivity index (χ3v) is 5.15. The van der Waals surface area contributed by atoms with E-state index >= 15 is 0 Å². The molecule has 3 aromatic heterocycles. The number of carbonyl (C=O) groups is 1. The number of nitrogens with zero attached hydrogens (tertiary/aromatic N) is 3. The fourth-order valence-corrected chi connectivity index (χ4v) is 3.43. The predicted octanol–water partition coefficient (Wildman–Crippen LogP) is 5.88. The molecule has 1 N–H and O–H groups in total. The molecule has 1 amide bonds. The fraction of sp³-hybridized carbons (Fsp3) is 0.150. The average molecular weight is 451 g/mol. The van der Waals surface area contributed by atoms with Crippen LogP contribution in [0.1, 0.15) is 17.7 Å². The van der Waals surface area contributed by atoms with Gasteiger partial charge in [0.15, 0.2) is 11.4 Å². The Kier molecular flexibility index (Phi) is 5.44. The smallest absolute Gasteiger partial charge is 0.264 e. The summed E-state index contributed by atoms with van der Waals surface area (Å²) in [6.07, 6.45) is -1.32. The second kappa shape index (κ2) is 8.04. The van der Waals surface area contributed by atoms with Gasteiger partial charge in [0, 0.05) is 11.3 Å². The zero-order chi connectivity index (χ0) is 21.4. The Morgan fingerprint density at radius 2 is 2.03 bits per heavy atom. The number of hydrogen-bond acceptors (Lipinski definition) is 4. The van der Waals surface area contributed by atoms with E-state index < -0.39 is 12.3 Å². The second-order valence-electron chi connectivity index (χ2n) is 6.49. The first-order valence-corrected chi connectivity index (χ1v) is 9.54. The lowest BCUT2D eigenvalue weighted by molar-refractivity contribution is -0.116. The van der Waals surface area contributed by atoms with Crippen LogP contribution in [0.4, 0.5) is 14.5 Å². The molecule has 0 fully saturated rings. The van der Waals surface area contributed by atoms with Crippen LogP contribution >= 0.6 is 23.2 Å². The maximum atomic E-state index is 13.7. The van der Waals surface area contributed by atoms with Gasteiger partial charge in [0.1, 0.15) is 12.2 Å². The van der Waals surface area contributed by atoms with E-state index in [0.717, 1.165) is 0 Å². The molecule has 0 radical (unpaired) electrons. The van der Waals surface area contributed by atoms with Crippen molar-refractivity contribution in [1.82, 2.24) is 14.8 Å². The minimum Gasteiger partial charge on any atom is -0.463 e. The van der Waals surface area contributed by atoms with E-state index in [9.17, 15) is 13.6 Å². The van der Waals surface area contributed by atoms with Gasteiger partial charge in [0.25, 0.3) is 6.43 Å². The normalized spacial score (nSPS) is 11.4. The van der Waals surface area contributed by atoms with Crippen molar-refractivity contribution >= 4 is 45.8 Å². The number of furan rings is 1. The van der Waals surface area contributed by atoms with Crippen LogP contribution in [0.3, 0.4) is 0 Å². The van der Waals surface area contributed by atoms with E-state index in [0.29, 0.717) is 27.2 Å². The predicted molar refractivity (Wildman–Crippen MR) is 110 cm³/mol. The molecule has 0 bridgehead atoms. The summed E-state index contributed by atoms with van der Waals surface area (Å²) in [5.74, 6) is -0.0916. The molecule has 0 unspecified atom stereocenters. The Bertz CT molecular complexity index is 1240. The standard InChI is InChI=1S/C20H14Cl2F2N4O2/c1-10-18-12(19(23)24)8-15(16-3-2-6-30-16)26-20(18)28(27-10)9-17(29)25-11-4-5-13(21)14(22)7-11/h2-8,19H,9H2,1H3,(H,25,29). The third-order valence-electron chi connectivity index (χ3n) is 4.41. The van der Waals surface area contributed by atoms with Gasteiger partial charge in [-0.2, -0.15) is 5.10 Å². The molecule has 30 heavy (non-hydrogen) atoms. The summed E-state index contributed by atoms with van der Waals surface area (Å²) in [7, 11) is 0. The van der Waals surface area contributed by atoms with Gasteiger partial charge < -0.3 is 9.73 Å². The number of hydrogen-bond donors (Lipinski definition) is 1. The molecule has 0 spiro atoms. The zero-order valence-electron chi connectivity index (χ0n) is 15.5. The van der Waals surface area contributed by atoms with E-state index in [1.54, 1.807) is 31.2 Å². The summed E-state index contributed by atoms with van der Waals surface area (Å²) >= 11 is 11.8. The highest BCUT2D eigenvalue weighted by atomic mass is 35.5. The molecule has 0 aliphatic carbocycles. The van der Waals surface area contributed by atoms with E-state index in [4.69, 9.17) is 27.6 Å². The van der Waals surface area contributed by atoms with Crippen LogP contribution in [0.5, 0.6) is 0 Å². The summed E-state index contributed by atoms with van der Waals surface area (Å²) in [6, 6.07) is 9.20. The molecule has 0 saturated heterocycles. The number of anilines is 1. The summed E-state index contributed by atoms with van der Waals surface area (Å²) in [6.45, 7) is 1.36. The van der Waals surface area contributed by atoms with Crippen molar-refractivity contribution in [2.45, 2.75) is 19.9 Å². The lowest BCUT2D eigenvalue weighted by Gasteiger charge is -2.09. The highest BCUT2D eigenvalue weighted by Crippen LogP contribution is 2.33. The topological polar surface area (TPSA) is 73.0 Å². The number of alkyl halides is 2. The fourth-order valence-electron chi connectivity index (χ4n) is 3.13. The van der Waals surface area contributed by atoms with Crippen molar-refractivity contribution < 1.29 is 18.0 Å². The van der Waals surface area contributed by atoms with Crippen LogP contribution in [0.25, 0.3) is 22.5 Å². The van der Waals surface area contributed by atoms with Gasteiger partial charge in [-0.15, -0.1) is 0 Å². The third kappa shape index (κ3) is 3.88. The number of pyridine rings is 1. The number of aryl methyl sites for hydroxylation is 1. The molecule has 4 rings (SSSR count). The monoisotopic (exact) mass is 450 g/mol. The van der Waals surface area contributed by atoms with Gasteiger partial charge in [-0.3, -0.25) is 4.79 Å². The van der Waals surface area contributed by atoms with Gasteiger partial charge in [0.05, 0.1) is 27.4 Å². The van der Waals surface area contributed by atoms with Gasteiger partial charge in [-0.1, -0.05) is 23.2 Å². The van der Waals surface area contributed by atoms with Crippen LogP contribution in [0.15, 0.2) is 47.1 Å². The first-order chi connectivity index (χ1) is 14.3. The molecule has 0 aliphatic rings. The van der Waals surface area contributed by atoms with E-state index in [2.05, 4.69) is 15.4 Å². The number of carbonyl (C=O) groups excluding carboxylic acids is 1. The maximum Gasteiger partial charge on any atom is 0.264 e. The first-order valence-electron chi connectivity index (χ1n) is 8.78. The average Bonchev–Trinajstić information content (AvgIpc) is 3.33. The number of nitrogens with one attached hydrogen (secondary N) is 1. The Morgan fingerprint density at radius 1 is 1.23 bits per heavy atom. The van der Waals surface area contributed by atoms with Gasteiger partial charge in [-0.25, -0.2) is 18.4 Å². The van der Waals surface area contributed by atoms with Crippen molar-refractivity contribution in [3.63, 3.8) is 0 Å². The van der Waals surface area contributed by atoms with Gasteiger partial charge in [-0.05, 0) is 43.3 Å². The SMILES string of the molecule is Cc1nn(CC(=O)Nc2ccc(Cl)c(Cl)c2)c2nc(-c3ccco3)cc(C(F)F)c12. The van der Waals surface area contributed by atoms with Crippen molar-refractivity contribution in [3.8, 4) is 11.5 Å². The molecule has 1 aromatic carbocycles. The Morgan fingerprint density at radius 3 is 2.70 bits per heavy atom. The van der Waals surface area contributed by atoms with Crippen molar-refractivity contribution in [1.29, 1.82) is 0 Å². The Hall–Kier alpha value is -2.97. The molecule has 0 atom stereocenters. The minimum atomic E-state index is -2.74. The quantitative estimate of drug-likeness (QED) is 0.411. The van der Waals surface area contributed by atoms with Crippen molar-refractivity contribution in [2.24, 2.45) is 0 Å². The number of amides is 1. The number of rotatable bonds is 5. The molecule has 4 aromatic rings. The van der Waals surface area contributed by atoms with Crippen LogP contribution in [0.2, 0.25) is 10.0 Å². The molecule has 154 valence electrons. The summed E-state index contributed by atoms with van der Waals surface area (Å²) in [5, 5.41) is 7.79. The molecule has 0 aliphatic heterocycles. The van der Waals surface area contributed by atoms with Crippen LogP contribution < -0.4 is 5.32 Å². The number of halogens is 4. The molecular weight excluding hydrogens is 437 g/mol. The summed E-state index contributed by atoms with van der Waals surface area (Å²) in [5.41, 5.74) is 0.969. The number of aromatic nitrogens is 3. The highest BCUT2D eigenvalue weighted by molar-refractivity contribution is 6.42. The lowest BCUT2D eigenvalue weighted by Crippen LogP contribution is -2.19. The Balaban J connectivity index is 1.71. The van der Waals surface area contributed by atoms with Crippen LogP contribution in [0, 0.1) is 6.92 Å². The Labute approximate surface area is 179 Å². The molecular formula is C20H14Cl2F2N4O2. The second-order valence-corrected chi connectivity index (χ2v) is 7.31. The highest BCUT2D eigenvalue weighted by Gasteiger charge is 2.22. The summed E-state index contributed by atoms with van der Waals surface area (Å²) < 4.78 is 34.0. The molecule has 10 heteroatoms. The van der Waals surface area contributed by atoms with Gasteiger partial charge >= 0.3 is 0 Å². The van der Waals surface area contributed by atoms with E-state index in [1.165, 1.54) is 23.1 Å². The van der Waals surface area contributed by atoms with E-state index in [-0.39, 0.29) is 28.8 Å². The maximum absolute atomic E-state index is 13.7. The van der Waals surface area contributed by atoms with Crippen molar-refractivity contribution in [2.75, 3.05) is 5.32 Å². The van der Waals surface area contributed by atoms with Crippen LogP contribution in [-0.2, 0) is 11.3 Å². The van der Waals surface area contributed by atoms with Crippen LogP contribution in [-0.4, -0.2) is 20.7 Å². The first kappa shape index (κ1) is 20.3. The summed E-state index contributed by atoms with van der Waals surface area (Å²) in [4.78, 5) is 16.9. The number of fused-ring (bicyclic) bond motifs is 1. The largest absolute Gasteiger partial charge is 0.463 e. The van der Waals surface area contributed by atoms with Gasteiger partial charge in [0.2, 0.25) is 5.91 Å². The van der Waals surface area contributed by atoms with Crippen molar-refractivity contribution in [3.05, 3.63) is 64.0 Å².